The molecule has 1 aliphatic carbocycles. The molecule has 1 heteroatoms. The zero-order chi connectivity index (χ0) is 12.7. The van der Waals surface area contributed by atoms with Gasteiger partial charge in [0.2, 0.25) is 0 Å². The fourth-order valence-electron chi connectivity index (χ4n) is 2.47. The predicted molar refractivity (Wildman–Crippen MR) is 69.2 cm³/mol. The van der Waals surface area contributed by atoms with Gasteiger partial charge >= 0.3 is 0 Å². The maximum Gasteiger partial charge on any atom is 0.166 e. The van der Waals surface area contributed by atoms with Crippen LogP contribution in [-0.2, 0) is 4.79 Å². The van der Waals surface area contributed by atoms with Crippen molar-refractivity contribution in [2.75, 3.05) is 0 Å². The van der Waals surface area contributed by atoms with Gasteiger partial charge in [-0.3, -0.25) is 4.79 Å². The minimum Gasteiger partial charge on any atom is -0.294 e. The molecule has 1 nitrogen and oxygen atoms in total. The van der Waals surface area contributed by atoms with E-state index in [9.17, 15) is 4.79 Å². The molecule has 0 N–H and O–H groups in total. The normalized spacial score (nSPS) is 23.4. The second-order valence-corrected chi connectivity index (χ2v) is 6.89. The van der Waals surface area contributed by atoms with E-state index >= 15 is 0 Å². The van der Waals surface area contributed by atoms with Crippen LogP contribution in [0.4, 0.5) is 0 Å². The Kier molecular flexibility index (Phi) is 3.20. The van der Waals surface area contributed by atoms with E-state index in [-0.39, 0.29) is 22.5 Å². The van der Waals surface area contributed by atoms with E-state index in [1.54, 1.807) is 0 Å². The lowest BCUT2D eigenvalue weighted by Crippen LogP contribution is -2.36. The number of hydrogen-bond donors (Lipinski definition) is 0. The predicted octanol–water partition coefficient (Wildman–Crippen LogP) is 4.15. The number of carbonyl (C=O) groups excluding carboxylic acids is 1. The van der Waals surface area contributed by atoms with Gasteiger partial charge in [0, 0.05) is 5.92 Å². The van der Waals surface area contributed by atoms with Crippen LogP contribution in [0.1, 0.15) is 48.0 Å². The highest BCUT2D eigenvalue weighted by atomic mass is 16.1. The van der Waals surface area contributed by atoms with Crippen LogP contribution >= 0.6 is 0 Å². The van der Waals surface area contributed by atoms with E-state index in [0.717, 1.165) is 17.6 Å². The van der Waals surface area contributed by atoms with Crippen LogP contribution in [0.2, 0.25) is 0 Å². The summed E-state index contributed by atoms with van der Waals surface area (Å²) in [6.45, 7) is 16.7. The lowest BCUT2D eigenvalue weighted by atomic mass is 9.65. The number of ketones is 1. The van der Waals surface area contributed by atoms with E-state index < -0.39 is 0 Å². The Balaban J connectivity index is 3.15. The summed E-state index contributed by atoms with van der Waals surface area (Å²) in [5.41, 5.74) is 1.95. The second-order valence-electron chi connectivity index (χ2n) is 6.89. The van der Waals surface area contributed by atoms with E-state index in [1.807, 2.05) is 0 Å². The van der Waals surface area contributed by atoms with Crippen LogP contribution in [-0.4, -0.2) is 5.78 Å². The van der Waals surface area contributed by atoms with Gasteiger partial charge in [-0.1, -0.05) is 59.8 Å². The number of rotatable bonds is 0. The molecule has 0 amide bonds. The Morgan fingerprint density at radius 2 is 1.69 bits per heavy atom. The lowest BCUT2D eigenvalue weighted by Gasteiger charge is -2.37. The average molecular weight is 220 g/mol. The van der Waals surface area contributed by atoms with Crippen molar-refractivity contribution in [3.05, 3.63) is 23.8 Å². The van der Waals surface area contributed by atoms with Gasteiger partial charge in [0.05, 0.1) is 0 Å². The topological polar surface area (TPSA) is 17.1 Å². The third kappa shape index (κ3) is 2.45. The zero-order valence-corrected chi connectivity index (χ0v) is 11.5. The molecule has 90 valence electrons. The van der Waals surface area contributed by atoms with Crippen molar-refractivity contribution in [2.24, 2.45) is 16.7 Å². The third-order valence-corrected chi connectivity index (χ3v) is 3.18. The molecule has 1 rings (SSSR count). The Labute approximate surface area is 99.6 Å². The summed E-state index contributed by atoms with van der Waals surface area (Å²) in [7, 11) is 0. The Hall–Kier alpha value is -0.850. The van der Waals surface area contributed by atoms with E-state index in [4.69, 9.17) is 0 Å². The summed E-state index contributed by atoms with van der Waals surface area (Å²) >= 11 is 0. The van der Waals surface area contributed by atoms with Crippen LogP contribution < -0.4 is 0 Å². The Morgan fingerprint density at radius 1 is 1.19 bits per heavy atom. The maximum atomic E-state index is 12.5. The lowest BCUT2D eigenvalue weighted by molar-refractivity contribution is -0.122. The molecule has 0 aromatic rings. The molecule has 0 radical (unpaired) electrons. The first-order valence-corrected chi connectivity index (χ1v) is 5.97. The molecule has 0 heterocycles. The molecule has 16 heavy (non-hydrogen) atoms. The number of Topliss-reactive ketones (excluding diaryl/α,β-unsaturated/α-hetero) is 1. The first kappa shape index (κ1) is 13.2. The van der Waals surface area contributed by atoms with E-state index in [1.165, 1.54) is 0 Å². The Bertz CT molecular complexity index is 345. The van der Waals surface area contributed by atoms with Crippen molar-refractivity contribution >= 4 is 5.78 Å². The fourth-order valence-corrected chi connectivity index (χ4v) is 2.47. The number of allylic oxidation sites excluding steroid dienone is 3. The molecule has 0 bridgehead atoms. The van der Waals surface area contributed by atoms with Gasteiger partial charge in [-0.15, -0.1) is 0 Å². The first-order valence-electron chi connectivity index (χ1n) is 5.97. The molecule has 1 atom stereocenters. The summed E-state index contributed by atoms with van der Waals surface area (Å²) in [5, 5.41) is 0. The highest BCUT2D eigenvalue weighted by Gasteiger charge is 2.39. The average Bonchev–Trinajstić information content (AvgIpc) is 1.97. The smallest absolute Gasteiger partial charge is 0.166 e. The zero-order valence-electron chi connectivity index (χ0n) is 11.5. The van der Waals surface area contributed by atoms with Crippen LogP contribution in [0.5, 0.6) is 0 Å². The van der Waals surface area contributed by atoms with E-state index in [0.29, 0.717) is 0 Å². The van der Waals surface area contributed by atoms with Crippen LogP contribution in [0.15, 0.2) is 23.8 Å². The van der Waals surface area contributed by atoms with Crippen molar-refractivity contribution < 1.29 is 4.79 Å². The first-order chi connectivity index (χ1) is 7.05. The minimum atomic E-state index is -0.0543. The second kappa shape index (κ2) is 3.87. The van der Waals surface area contributed by atoms with Crippen LogP contribution in [0.25, 0.3) is 0 Å². The van der Waals surface area contributed by atoms with Gasteiger partial charge in [-0.05, 0) is 22.8 Å². The molecule has 1 unspecified atom stereocenters. The van der Waals surface area contributed by atoms with Crippen molar-refractivity contribution in [3.63, 3.8) is 0 Å². The molecule has 0 aromatic carbocycles. The standard InChI is InChI=1S/C15H24O/c1-10-8-9-11(14(2,3)4)13(16)12(10)15(5,6)7/h9,12H,1,8H2,2-7H3. The summed E-state index contributed by atoms with van der Waals surface area (Å²) in [6, 6.07) is 0. The quantitative estimate of drug-likeness (QED) is 0.560. The molecular weight excluding hydrogens is 196 g/mol. The largest absolute Gasteiger partial charge is 0.294 e. The highest BCUT2D eigenvalue weighted by molar-refractivity contribution is 6.01. The molecule has 0 aliphatic heterocycles. The summed E-state index contributed by atoms with van der Waals surface area (Å²) in [5.74, 6) is 0.253. The SMILES string of the molecule is C=C1CC=C(C(C)(C)C)C(=O)C1C(C)(C)C. The highest BCUT2D eigenvalue weighted by Crippen LogP contribution is 2.42. The monoisotopic (exact) mass is 220 g/mol. The van der Waals surface area contributed by atoms with Gasteiger partial charge in [0.25, 0.3) is 0 Å². The Morgan fingerprint density at radius 3 is 2.06 bits per heavy atom. The summed E-state index contributed by atoms with van der Waals surface area (Å²) in [4.78, 5) is 12.5. The third-order valence-electron chi connectivity index (χ3n) is 3.18. The summed E-state index contributed by atoms with van der Waals surface area (Å²) in [6.07, 6.45) is 2.91. The molecule has 0 fully saturated rings. The molecule has 0 saturated carbocycles. The van der Waals surface area contributed by atoms with Gasteiger partial charge < -0.3 is 0 Å². The molecule has 0 spiro atoms. The van der Waals surface area contributed by atoms with Crippen molar-refractivity contribution in [1.29, 1.82) is 0 Å². The molecule has 0 aromatic heterocycles. The number of hydrogen-bond acceptors (Lipinski definition) is 1. The summed E-state index contributed by atoms with van der Waals surface area (Å²) < 4.78 is 0. The minimum absolute atomic E-state index is 0.0216. The molecule has 1 aliphatic rings. The van der Waals surface area contributed by atoms with Gasteiger partial charge in [0.15, 0.2) is 5.78 Å². The van der Waals surface area contributed by atoms with Crippen molar-refractivity contribution in [1.82, 2.24) is 0 Å². The van der Waals surface area contributed by atoms with Crippen LogP contribution in [0.3, 0.4) is 0 Å². The fraction of sp³-hybridized carbons (Fsp3) is 0.667. The van der Waals surface area contributed by atoms with Crippen molar-refractivity contribution in [2.45, 2.75) is 48.0 Å². The van der Waals surface area contributed by atoms with Crippen LogP contribution in [0, 0.1) is 16.7 Å². The molecular formula is C15H24O. The van der Waals surface area contributed by atoms with E-state index in [2.05, 4.69) is 54.2 Å². The molecule has 0 saturated heterocycles. The maximum absolute atomic E-state index is 12.5. The van der Waals surface area contributed by atoms with Crippen molar-refractivity contribution in [3.8, 4) is 0 Å². The van der Waals surface area contributed by atoms with Gasteiger partial charge in [-0.25, -0.2) is 0 Å². The van der Waals surface area contributed by atoms with Gasteiger partial charge in [0.1, 0.15) is 0 Å². The number of carbonyl (C=O) groups is 1. The van der Waals surface area contributed by atoms with Gasteiger partial charge in [-0.2, -0.15) is 0 Å².